The zero-order valence-electron chi connectivity index (χ0n) is 25.9. The van der Waals surface area contributed by atoms with E-state index in [1.165, 1.54) is 0 Å². The molecule has 44 heavy (non-hydrogen) atoms. The number of nitrogens with one attached hydrogen (secondary N) is 2. The third-order valence-electron chi connectivity index (χ3n) is 7.81. The van der Waals surface area contributed by atoms with E-state index in [4.69, 9.17) is 13.9 Å². The van der Waals surface area contributed by atoms with Crippen LogP contribution in [-0.4, -0.2) is 46.5 Å². The minimum atomic E-state index is -4.13. The lowest BCUT2D eigenvalue weighted by Crippen LogP contribution is -2.36. The van der Waals surface area contributed by atoms with Gasteiger partial charge in [0.05, 0.1) is 25.8 Å². The van der Waals surface area contributed by atoms with Crippen molar-refractivity contribution in [1.29, 1.82) is 0 Å². The van der Waals surface area contributed by atoms with Gasteiger partial charge in [0.1, 0.15) is 17.1 Å². The molecule has 0 aliphatic carbocycles. The van der Waals surface area contributed by atoms with Gasteiger partial charge in [-0.1, -0.05) is 56.3 Å². The molecule has 1 amide bonds. The minimum Gasteiger partial charge on any atom is -0.497 e. The number of carbonyl (C=O) groups is 1. The van der Waals surface area contributed by atoms with Crippen LogP contribution >= 0.6 is 0 Å². The van der Waals surface area contributed by atoms with E-state index >= 15 is 0 Å². The molecule has 2 N–H and O–H groups in total. The highest BCUT2D eigenvalue weighted by Gasteiger charge is 2.30. The van der Waals surface area contributed by atoms with Crippen LogP contribution in [0.2, 0.25) is 0 Å². The molecule has 1 aliphatic rings. The van der Waals surface area contributed by atoms with Gasteiger partial charge in [-0.3, -0.25) is 4.79 Å². The number of carbonyl (C=O) groups excluding carboxylic acids is 1. The molecule has 1 aliphatic heterocycles. The van der Waals surface area contributed by atoms with Crippen LogP contribution in [0.5, 0.6) is 11.5 Å². The second-order valence-corrected chi connectivity index (χ2v) is 13.5. The van der Waals surface area contributed by atoms with E-state index in [1.807, 2.05) is 24.3 Å². The van der Waals surface area contributed by atoms with Gasteiger partial charge in [0.25, 0.3) is 10.0 Å². The molecular weight excluding hydrogens is 578 g/mol. The van der Waals surface area contributed by atoms with Crippen molar-refractivity contribution in [3.05, 3.63) is 89.0 Å². The smallest absolute Gasteiger partial charge is 0.274 e. The molecule has 5 rings (SSSR count). The number of hydrogen-bond donors (Lipinski definition) is 2. The van der Waals surface area contributed by atoms with Gasteiger partial charge in [0.2, 0.25) is 11.0 Å². The fraction of sp³-hybridized carbons (Fsp3) is 0.382. The first kappa shape index (κ1) is 31.6. The highest BCUT2D eigenvalue weighted by molar-refractivity contribution is 7.89. The topological polar surface area (TPSA) is 110 Å². The predicted octanol–water partition coefficient (Wildman–Crippen LogP) is 5.89. The van der Waals surface area contributed by atoms with E-state index < -0.39 is 16.1 Å². The second-order valence-electron chi connectivity index (χ2n) is 11.9. The number of sulfonamides is 1. The van der Waals surface area contributed by atoms with Gasteiger partial charge < -0.3 is 24.1 Å². The maximum Gasteiger partial charge on any atom is 0.274 e. The average Bonchev–Trinajstić information content (AvgIpc) is 3.33. The van der Waals surface area contributed by atoms with Crippen LogP contribution in [0.4, 0.5) is 0 Å². The summed E-state index contributed by atoms with van der Waals surface area (Å²) in [4.78, 5) is 15.8. The number of rotatable bonds is 12. The Morgan fingerprint density at radius 3 is 2.59 bits per heavy atom. The van der Waals surface area contributed by atoms with Gasteiger partial charge >= 0.3 is 0 Å². The van der Waals surface area contributed by atoms with Gasteiger partial charge in [-0.05, 0) is 55.3 Å². The molecule has 1 aromatic heterocycles. The fourth-order valence-corrected chi connectivity index (χ4v) is 7.25. The molecule has 0 radical (unpaired) electrons. The average molecular weight is 620 g/mol. The van der Waals surface area contributed by atoms with Crippen LogP contribution in [0.15, 0.2) is 76.2 Å². The van der Waals surface area contributed by atoms with Crippen LogP contribution in [0.3, 0.4) is 0 Å². The lowest BCUT2D eigenvalue weighted by Gasteiger charge is -2.28. The van der Waals surface area contributed by atoms with E-state index in [1.54, 1.807) is 44.4 Å². The SMILES string of the molecule is COc1ccc2oc(S(=O)(=O)NC(CC(=O)NC3CCOc4cc(CN(C)CC(C)C)ccc43)c3ccccc3)c(C)c2c1. The first-order valence-corrected chi connectivity index (χ1v) is 16.4. The predicted molar refractivity (Wildman–Crippen MR) is 170 cm³/mol. The molecule has 10 heteroatoms. The van der Waals surface area contributed by atoms with Gasteiger partial charge in [0, 0.05) is 42.4 Å². The van der Waals surface area contributed by atoms with Crippen LogP contribution in [0.25, 0.3) is 11.0 Å². The van der Waals surface area contributed by atoms with E-state index in [0.717, 1.165) is 30.0 Å². The standard InChI is InChI=1S/C34H41N3O6S/c1-22(2)20-37(4)21-24-11-13-27-29(15-16-42-32(27)17-24)35-33(38)19-30(25-9-7-6-8-10-25)36-44(39,40)34-23(3)28-18-26(41-5)12-14-31(28)43-34/h6-14,17-18,22,29-30,36H,15-16,19-21H2,1-5H3,(H,35,38). The van der Waals surface area contributed by atoms with Gasteiger partial charge in [-0.15, -0.1) is 0 Å². The van der Waals surface area contributed by atoms with Crippen LogP contribution < -0.4 is 19.5 Å². The van der Waals surface area contributed by atoms with Crippen LogP contribution in [-0.2, 0) is 21.4 Å². The fourth-order valence-electron chi connectivity index (χ4n) is 5.83. The number of ether oxygens (including phenoxy) is 2. The van der Waals surface area contributed by atoms with Crippen molar-refractivity contribution in [1.82, 2.24) is 14.9 Å². The van der Waals surface area contributed by atoms with E-state index in [0.29, 0.717) is 46.8 Å². The summed E-state index contributed by atoms with van der Waals surface area (Å²) in [7, 11) is -0.476. The Labute approximate surface area is 259 Å². The summed E-state index contributed by atoms with van der Waals surface area (Å²) in [5.74, 6) is 1.67. The maximum atomic E-state index is 13.7. The number of nitrogens with zero attached hydrogens (tertiary/aromatic N) is 1. The van der Waals surface area contributed by atoms with Crippen molar-refractivity contribution in [3.63, 3.8) is 0 Å². The Balaban J connectivity index is 1.33. The third kappa shape index (κ3) is 7.26. The number of amides is 1. The monoisotopic (exact) mass is 619 g/mol. The van der Waals surface area contributed by atoms with Crippen LogP contribution in [0.1, 0.15) is 61.0 Å². The van der Waals surface area contributed by atoms with Crippen molar-refractivity contribution in [2.75, 3.05) is 27.3 Å². The van der Waals surface area contributed by atoms with Crippen LogP contribution in [0, 0.1) is 12.8 Å². The zero-order chi connectivity index (χ0) is 31.4. The first-order chi connectivity index (χ1) is 21.0. The molecule has 0 fully saturated rings. The minimum absolute atomic E-state index is 0.0961. The zero-order valence-corrected chi connectivity index (χ0v) is 26.7. The Bertz CT molecular complexity index is 1720. The molecule has 9 nitrogen and oxygen atoms in total. The summed E-state index contributed by atoms with van der Waals surface area (Å²) in [6.45, 7) is 8.38. The van der Waals surface area contributed by atoms with E-state index in [-0.39, 0.29) is 23.5 Å². The number of fused-ring (bicyclic) bond motifs is 2. The Hall–Kier alpha value is -3.86. The van der Waals surface area contributed by atoms with Gasteiger partial charge in [-0.25, -0.2) is 13.1 Å². The number of methoxy groups -OCH3 is 1. The van der Waals surface area contributed by atoms with Gasteiger partial charge in [-0.2, -0.15) is 0 Å². The molecule has 4 aromatic rings. The highest BCUT2D eigenvalue weighted by atomic mass is 32.2. The van der Waals surface area contributed by atoms with Crippen molar-refractivity contribution in [3.8, 4) is 11.5 Å². The quantitative estimate of drug-likeness (QED) is 0.204. The lowest BCUT2D eigenvalue weighted by atomic mass is 9.97. The molecule has 2 atom stereocenters. The number of hydrogen-bond acceptors (Lipinski definition) is 7. The summed E-state index contributed by atoms with van der Waals surface area (Å²) < 4.78 is 47.2. The molecule has 0 bridgehead atoms. The number of benzene rings is 3. The largest absolute Gasteiger partial charge is 0.497 e. The first-order valence-electron chi connectivity index (χ1n) is 14.9. The summed E-state index contributed by atoms with van der Waals surface area (Å²) in [5.41, 5.74) is 3.65. The Morgan fingerprint density at radius 2 is 1.86 bits per heavy atom. The summed E-state index contributed by atoms with van der Waals surface area (Å²) in [6, 6.07) is 19.3. The third-order valence-corrected chi connectivity index (χ3v) is 9.29. The van der Waals surface area contributed by atoms with E-state index in [2.05, 4.69) is 48.0 Å². The normalized spacial score (nSPS) is 15.7. The molecule has 2 heterocycles. The summed E-state index contributed by atoms with van der Waals surface area (Å²) in [5, 5.41) is 3.59. The molecule has 3 aromatic carbocycles. The Morgan fingerprint density at radius 1 is 1.09 bits per heavy atom. The molecule has 0 saturated heterocycles. The maximum absolute atomic E-state index is 13.7. The van der Waals surface area contributed by atoms with Crippen molar-refractivity contribution >= 4 is 26.9 Å². The summed E-state index contributed by atoms with van der Waals surface area (Å²) >= 11 is 0. The summed E-state index contributed by atoms with van der Waals surface area (Å²) in [6.07, 6.45) is 0.524. The van der Waals surface area contributed by atoms with Crippen molar-refractivity contribution in [2.45, 2.75) is 57.3 Å². The number of aryl methyl sites for hydroxylation is 1. The molecule has 2 unspecified atom stereocenters. The molecule has 234 valence electrons. The van der Waals surface area contributed by atoms with Crippen molar-refractivity contribution in [2.24, 2.45) is 5.92 Å². The molecular formula is C34H41N3O6S. The van der Waals surface area contributed by atoms with Gasteiger partial charge in [0.15, 0.2) is 0 Å². The number of furan rings is 1. The van der Waals surface area contributed by atoms with E-state index in [9.17, 15) is 13.2 Å². The second kappa shape index (κ2) is 13.4. The lowest BCUT2D eigenvalue weighted by molar-refractivity contribution is -0.122. The highest BCUT2D eigenvalue weighted by Crippen LogP contribution is 2.35. The van der Waals surface area contributed by atoms with Crippen molar-refractivity contribution < 1.29 is 27.1 Å². The molecule has 0 spiro atoms. The molecule has 0 saturated carbocycles. The Kier molecular flexibility index (Phi) is 9.62.